The highest BCUT2D eigenvalue weighted by Gasteiger charge is 2.66. The van der Waals surface area contributed by atoms with Gasteiger partial charge >= 0.3 is 0 Å². The molecule has 1 saturated carbocycles. The Morgan fingerprint density at radius 3 is 2.07 bits per heavy atom. The Kier molecular flexibility index (Phi) is 9.83. The molecule has 0 spiro atoms. The van der Waals surface area contributed by atoms with Gasteiger partial charge < -0.3 is 14.7 Å². The first-order chi connectivity index (χ1) is 29.0. The zero-order valence-corrected chi connectivity index (χ0v) is 33.9. The van der Waals surface area contributed by atoms with Gasteiger partial charge in [0.05, 0.1) is 46.4 Å². The second-order valence-corrected chi connectivity index (χ2v) is 16.4. The first-order valence-corrected chi connectivity index (χ1v) is 20.2. The average molecular weight is 817 g/mol. The number of imide groups is 1. The van der Waals surface area contributed by atoms with E-state index >= 15 is 9.59 Å². The van der Waals surface area contributed by atoms with Gasteiger partial charge in [-0.15, -0.1) is 0 Å². The van der Waals surface area contributed by atoms with Crippen molar-refractivity contribution in [1.29, 1.82) is 0 Å². The molecule has 1 heterocycles. The lowest BCUT2D eigenvalue weighted by atomic mass is 9.44. The third-order valence-corrected chi connectivity index (χ3v) is 13.0. The minimum absolute atomic E-state index is 0.0131. The maximum Gasteiger partial charge on any atom is 0.238 e. The second kappa shape index (κ2) is 15.2. The van der Waals surface area contributed by atoms with Crippen molar-refractivity contribution in [1.82, 2.24) is 0 Å². The Morgan fingerprint density at radius 1 is 0.800 bits per heavy atom. The SMILES string of the molecule is COc1cc([C@H]2C3=CC[C@@H]4C(=O)N(c5ccc(N=Nc6ccc(N(C)C)cc6)cc5)C(=O)[C@@H]4[C@@H]3C[C@H]3C(=O)C(c4ccccc4)=CC(=O)[C@@]23c2ccccc2)cc(Cl)c1O. The lowest BCUT2D eigenvalue weighted by Gasteiger charge is -2.55. The summed E-state index contributed by atoms with van der Waals surface area (Å²) in [6, 6.07) is 36.2. The minimum atomic E-state index is -1.46. The van der Waals surface area contributed by atoms with Crippen molar-refractivity contribution in [3.63, 3.8) is 0 Å². The number of fused-ring (bicyclic) bond motifs is 4. The van der Waals surface area contributed by atoms with Crippen LogP contribution in [0.2, 0.25) is 5.02 Å². The number of carbonyl (C=O) groups is 4. The normalized spacial score (nSPS) is 24.7. The molecule has 6 atom stereocenters. The number of benzene rings is 5. The van der Waals surface area contributed by atoms with Crippen LogP contribution in [0.5, 0.6) is 11.5 Å². The molecule has 60 heavy (non-hydrogen) atoms. The molecule has 0 aromatic heterocycles. The largest absolute Gasteiger partial charge is 0.503 e. The molecule has 0 bridgehead atoms. The summed E-state index contributed by atoms with van der Waals surface area (Å²) in [6.45, 7) is 0. The zero-order valence-electron chi connectivity index (χ0n) is 33.2. The number of ether oxygens (including phenoxy) is 1. The number of hydrogen-bond acceptors (Lipinski definition) is 9. The number of halogens is 1. The maximum absolute atomic E-state index is 15.3. The molecule has 5 aromatic carbocycles. The Morgan fingerprint density at radius 2 is 1.43 bits per heavy atom. The van der Waals surface area contributed by atoms with Crippen LogP contribution in [0, 0.1) is 23.7 Å². The van der Waals surface area contributed by atoms with Gasteiger partial charge in [-0.1, -0.05) is 83.9 Å². The van der Waals surface area contributed by atoms with Gasteiger partial charge in [0.2, 0.25) is 11.8 Å². The standard InChI is InChI=1S/C49H41ClN4O6/c1-53(2)33-18-14-31(15-19-33)51-52-32-16-20-34(21-17-32)54-47(58)36-23-22-35-38(43(36)48(54)59)26-39-45(56)37(28-10-6-4-7-11-28)27-42(55)49(39,30-12-8-5-9-13-30)44(35)29-24-40(50)46(57)41(25-29)60-3/h4-22,24-25,27,36,38-39,43-44,57H,23,26H2,1-3H3/t36-,38+,39-,43-,44-,49-/m0/s1. The van der Waals surface area contributed by atoms with Gasteiger partial charge in [0.1, 0.15) is 0 Å². The number of phenolic OH excluding ortho intramolecular Hbond substituents is 1. The van der Waals surface area contributed by atoms with Gasteiger partial charge in [0.25, 0.3) is 0 Å². The van der Waals surface area contributed by atoms with Gasteiger partial charge in [-0.05, 0) is 102 Å². The van der Waals surface area contributed by atoms with Crippen LogP contribution >= 0.6 is 11.6 Å². The first-order valence-electron chi connectivity index (χ1n) is 19.9. The Labute approximate surface area is 352 Å². The van der Waals surface area contributed by atoms with Gasteiger partial charge in [-0.3, -0.25) is 24.1 Å². The summed E-state index contributed by atoms with van der Waals surface area (Å²) in [4.78, 5) is 63.0. The Hall–Kier alpha value is -6.65. The number of Topliss-reactive ketones (excluding diaryl/α,β-unsaturated/α-hetero) is 1. The molecular formula is C49H41ClN4O6. The molecule has 9 rings (SSSR count). The van der Waals surface area contributed by atoms with Crippen LogP contribution in [-0.4, -0.2) is 49.7 Å². The van der Waals surface area contributed by atoms with Crippen molar-refractivity contribution in [3.05, 3.63) is 161 Å². The van der Waals surface area contributed by atoms with Crippen LogP contribution in [0.4, 0.5) is 22.7 Å². The predicted molar refractivity (Wildman–Crippen MR) is 230 cm³/mol. The van der Waals surface area contributed by atoms with E-state index in [1.165, 1.54) is 18.1 Å². The third-order valence-electron chi connectivity index (χ3n) is 12.7. The Balaban J connectivity index is 1.14. The number of azo groups is 1. The zero-order chi connectivity index (χ0) is 41.9. The van der Waals surface area contributed by atoms with Crippen LogP contribution in [0.15, 0.2) is 149 Å². The molecular weight excluding hydrogens is 776 g/mol. The lowest BCUT2D eigenvalue weighted by molar-refractivity contribution is -0.135. The van der Waals surface area contributed by atoms with E-state index in [9.17, 15) is 14.7 Å². The second-order valence-electron chi connectivity index (χ2n) is 16.0. The maximum atomic E-state index is 15.3. The highest BCUT2D eigenvalue weighted by atomic mass is 35.5. The van der Waals surface area contributed by atoms with Crippen molar-refractivity contribution < 1.29 is 29.0 Å². The van der Waals surface area contributed by atoms with E-state index in [2.05, 4.69) is 10.2 Å². The highest BCUT2D eigenvalue weighted by Crippen LogP contribution is 2.64. The highest BCUT2D eigenvalue weighted by molar-refractivity contribution is 6.33. The number of hydrogen-bond donors (Lipinski definition) is 1. The first kappa shape index (κ1) is 38.8. The molecule has 1 saturated heterocycles. The number of carbonyl (C=O) groups excluding carboxylic acids is 4. The fourth-order valence-corrected chi connectivity index (χ4v) is 10.2. The quantitative estimate of drug-likeness (QED) is 0.0939. The summed E-state index contributed by atoms with van der Waals surface area (Å²) < 4.78 is 5.58. The van der Waals surface area contributed by atoms with Gasteiger partial charge in [0.15, 0.2) is 23.1 Å². The summed E-state index contributed by atoms with van der Waals surface area (Å²) >= 11 is 6.69. The van der Waals surface area contributed by atoms with E-state index in [1.807, 2.05) is 110 Å². The number of ketones is 2. The van der Waals surface area contributed by atoms with Crippen LogP contribution in [-0.2, 0) is 24.6 Å². The van der Waals surface area contributed by atoms with Crippen molar-refractivity contribution in [2.75, 3.05) is 31.0 Å². The molecule has 300 valence electrons. The molecule has 0 unspecified atom stereocenters. The van der Waals surface area contributed by atoms with Crippen molar-refractivity contribution in [2.24, 2.45) is 33.9 Å². The van der Waals surface area contributed by atoms with Crippen molar-refractivity contribution >= 4 is 63.3 Å². The average Bonchev–Trinajstić information content (AvgIpc) is 3.53. The van der Waals surface area contributed by atoms with Crippen LogP contribution < -0.4 is 14.5 Å². The number of anilines is 2. The minimum Gasteiger partial charge on any atom is -0.503 e. The molecule has 2 fully saturated rings. The molecule has 3 aliphatic carbocycles. The molecule has 4 aliphatic rings. The van der Waals surface area contributed by atoms with Gasteiger partial charge in [-0.2, -0.15) is 10.2 Å². The fourth-order valence-electron chi connectivity index (χ4n) is 10.0. The fraction of sp³-hybridized carbons (Fsp3) is 0.224. The van der Waals surface area contributed by atoms with E-state index in [0.717, 1.165) is 11.3 Å². The molecule has 5 aromatic rings. The van der Waals surface area contributed by atoms with E-state index < -0.39 is 35.0 Å². The summed E-state index contributed by atoms with van der Waals surface area (Å²) in [5.74, 6) is -5.15. The van der Waals surface area contributed by atoms with Crippen LogP contribution in [0.25, 0.3) is 5.57 Å². The van der Waals surface area contributed by atoms with E-state index in [1.54, 1.807) is 36.4 Å². The monoisotopic (exact) mass is 816 g/mol. The molecule has 1 aliphatic heterocycles. The van der Waals surface area contributed by atoms with Crippen molar-refractivity contribution in [2.45, 2.75) is 24.2 Å². The summed E-state index contributed by atoms with van der Waals surface area (Å²) in [7, 11) is 5.34. The van der Waals surface area contributed by atoms with E-state index in [4.69, 9.17) is 16.3 Å². The third kappa shape index (κ3) is 6.16. The molecule has 0 radical (unpaired) electrons. The van der Waals surface area contributed by atoms with Crippen LogP contribution in [0.1, 0.15) is 35.4 Å². The molecule has 2 amide bonds. The van der Waals surface area contributed by atoms with Crippen molar-refractivity contribution in [3.8, 4) is 11.5 Å². The summed E-state index contributed by atoms with van der Waals surface area (Å²) in [6.07, 6.45) is 3.86. The summed E-state index contributed by atoms with van der Waals surface area (Å²) in [5.41, 5.74) is 4.11. The van der Waals surface area contributed by atoms with Gasteiger partial charge in [0, 0.05) is 37.2 Å². The number of aromatic hydroxyl groups is 1. The molecule has 10 nitrogen and oxygen atoms in total. The van der Waals surface area contributed by atoms with Crippen LogP contribution in [0.3, 0.4) is 0 Å². The van der Waals surface area contributed by atoms with E-state index in [-0.39, 0.29) is 52.7 Å². The van der Waals surface area contributed by atoms with E-state index in [0.29, 0.717) is 39.3 Å². The predicted octanol–water partition coefficient (Wildman–Crippen LogP) is 9.56. The van der Waals surface area contributed by atoms with Gasteiger partial charge in [-0.25, -0.2) is 0 Å². The number of nitrogens with zero attached hydrogens (tertiary/aromatic N) is 4. The number of phenols is 1. The molecule has 1 N–H and O–H groups in total. The number of amides is 2. The smallest absolute Gasteiger partial charge is 0.238 e. The molecule has 11 heteroatoms. The topological polar surface area (TPSA) is 129 Å². The lowest BCUT2D eigenvalue weighted by Crippen LogP contribution is -2.58. The summed E-state index contributed by atoms with van der Waals surface area (Å²) in [5, 5.41) is 19.6. The number of rotatable bonds is 8. The number of allylic oxidation sites excluding steroid dienone is 4. The number of methoxy groups -OCH3 is 1. The Bertz CT molecular complexity index is 2640.